The van der Waals surface area contributed by atoms with Crippen molar-refractivity contribution in [2.24, 2.45) is 0 Å². The number of hydrogen-bond donors (Lipinski definition) is 2. The zero-order chi connectivity index (χ0) is 20.3. The van der Waals surface area contributed by atoms with E-state index in [0.717, 1.165) is 6.07 Å². The molecule has 0 saturated heterocycles. The average molecular weight is 392 g/mol. The lowest BCUT2D eigenvalue weighted by molar-refractivity contribution is -0.143. The Bertz CT molecular complexity index is 932. The quantitative estimate of drug-likeness (QED) is 0.677. The molecule has 2 heterocycles. The average Bonchev–Trinajstić information content (AvgIpc) is 3.16. The number of methoxy groups -OCH3 is 1. The van der Waals surface area contributed by atoms with E-state index >= 15 is 0 Å². The van der Waals surface area contributed by atoms with E-state index in [-0.39, 0.29) is 31.3 Å². The van der Waals surface area contributed by atoms with Gasteiger partial charge < -0.3 is 33.6 Å². The molecule has 150 valence electrons. The van der Waals surface area contributed by atoms with E-state index in [2.05, 4.69) is 0 Å². The van der Waals surface area contributed by atoms with Gasteiger partial charge in [-0.3, -0.25) is 9.59 Å². The number of aromatic hydroxyl groups is 1. The summed E-state index contributed by atoms with van der Waals surface area (Å²) in [5.74, 6) is -1.13. The summed E-state index contributed by atoms with van der Waals surface area (Å²) in [6.45, 7) is 1.31. The second-order valence-electron chi connectivity index (χ2n) is 5.97. The lowest BCUT2D eigenvalue weighted by Crippen LogP contribution is -2.15. The Morgan fingerprint density at radius 1 is 1.29 bits per heavy atom. The van der Waals surface area contributed by atoms with Gasteiger partial charge in [-0.2, -0.15) is 0 Å². The third kappa shape index (κ3) is 3.74. The first-order valence-electron chi connectivity index (χ1n) is 8.58. The molecule has 1 aromatic heterocycles. The summed E-state index contributed by atoms with van der Waals surface area (Å²) < 4.78 is 26.6. The van der Waals surface area contributed by atoms with Crippen LogP contribution in [0.5, 0.6) is 23.0 Å². The van der Waals surface area contributed by atoms with Crippen molar-refractivity contribution in [3.8, 4) is 23.0 Å². The molecule has 1 aliphatic heterocycles. The zero-order valence-corrected chi connectivity index (χ0v) is 15.4. The second kappa shape index (κ2) is 8.22. The van der Waals surface area contributed by atoms with Crippen molar-refractivity contribution in [2.45, 2.75) is 25.9 Å². The smallest absolute Gasteiger partial charge is 0.306 e. The molecule has 2 N–H and O–H groups in total. The largest absolute Gasteiger partial charge is 0.502 e. The summed E-state index contributed by atoms with van der Waals surface area (Å²) in [7, 11) is 1.45. The van der Waals surface area contributed by atoms with Crippen molar-refractivity contribution in [2.75, 3.05) is 20.5 Å². The van der Waals surface area contributed by atoms with E-state index in [1.807, 2.05) is 0 Å². The fourth-order valence-corrected chi connectivity index (χ4v) is 2.97. The molecule has 0 bridgehead atoms. The molecular weight excluding hydrogens is 372 g/mol. The van der Waals surface area contributed by atoms with Gasteiger partial charge in [0.05, 0.1) is 26.1 Å². The van der Waals surface area contributed by atoms with Gasteiger partial charge in [0, 0.05) is 6.07 Å². The minimum Gasteiger partial charge on any atom is -0.502 e. The highest BCUT2D eigenvalue weighted by Gasteiger charge is 2.30. The molecule has 0 fully saturated rings. The van der Waals surface area contributed by atoms with Crippen molar-refractivity contribution in [3.63, 3.8) is 0 Å². The van der Waals surface area contributed by atoms with Crippen LogP contribution in [0.1, 0.15) is 36.3 Å². The minimum absolute atomic E-state index is 0.0119. The predicted octanol–water partition coefficient (Wildman–Crippen LogP) is 1.66. The van der Waals surface area contributed by atoms with Crippen LogP contribution in [0.2, 0.25) is 0 Å². The number of aliphatic hydroxyl groups is 1. The van der Waals surface area contributed by atoms with Gasteiger partial charge in [0.25, 0.3) is 0 Å². The summed E-state index contributed by atoms with van der Waals surface area (Å²) in [6.07, 6.45) is -0.220. The Labute approximate surface area is 160 Å². The van der Waals surface area contributed by atoms with E-state index in [1.54, 1.807) is 19.1 Å². The van der Waals surface area contributed by atoms with Crippen LogP contribution >= 0.6 is 0 Å². The summed E-state index contributed by atoms with van der Waals surface area (Å²) in [5.41, 5.74) is -0.255. The van der Waals surface area contributed by atoms with Gasteiger partial charge in [-0.25, -0.2) is 0 Å². The molecule has 3 rings (SSSR count). The first kappa shape index (κ1) is 19.6. The van der Waals surface area contributed by atoms with Crippen LogP contribution in [-0.2, 0) is 16.1 Å². The lowest BCUT2D eigenvalue weighted by Gasteiger charge is -2.19. The SMILES string of the molecule is CCOC(=O)C[C@H](c1cc(OC)c2c(c1)OCO2)c1oc(CO)cc(=O)c1O. The third-order valence-electron chi connectivity index (χ3n) is 4.23. The first-order valence-corrected chi connectivity index (χ1v) is 8.58. The number of aliphatic hydroxyl groups excluding tert-OH is 1. The Morgan fingerprint density at radius 2 is 2.07 bits per heavy atom. The minimum atomic E-state index is -0.887. The zero-order valence-electron chi connectivity index (χ0n) is 15.4. The number of benzene rings is 1. The van der Waals surface area contributed by atoms with E-state index < -0.39 is 29.7 Å². The van der Waals surface area contributed by atoms with Gasteiger partial charge in [0.15, 0.2) is 17.3 Å². The fourth-order valence-electron chi connectivity index (χ4n) is 2.97. The molecule has 1 aromatic carbocycles. The second-order valence-corrected chi connectivity index (χ2v) is 5.97. The number of carbonyl (C=O) groups excluding carboxylic acids is 1. The standard InChI is InChI=1S/C19H20O9/c1-3-25-16(22)7-12(18-17(23)13(21)6-11(8-20)28-18)10-4-14(24-2)19-15(5-10)26-9-27-19/h4-6,12,20,23H,3,7-9H2,1-2H3/t12-/m1/s1. The summed E-state index contributed by atoms with van der Waals surface area (Å²) in [5, 5.41) is 19.6. The molecule has 0 radical (unpaired) electrons. The van der Waals surface area contributed by atoms with Gasteiger partial charge in [-0.1, -0.05) is 0 Å². The molecule has 0 spiro atoms. The van der Waals surface area contributed by atoms with Crippen molar-refractivity contribution >= 4 is 5.97 Å². The molecule has 0 unspecified atom stereocenters. The van der Waals surface area contributed by atoms with E-state index in [0.29, 0.717) is 22.8 Å². The van der Waals surface area contributed by atoms with E-state index in [1.165, 1.54) is 7.11 Å². The number of rotatable bonds is 7. The topological polar surface area (TPSA) is 125 Å². The number of ether oxygens (including phenoxy) is 4. The van der Waals surface area contributed by atoms with Crippen LogP contribution < -0.4 is 19.6 Å². The highest BCUT2D eigenvalue weighted by Crippen LogP contribution is 2.45. The highest BCUT2D eigenvalue weighted by atomic mass is 16.7. The maximum absolute atomic E-state index is 12.2. The normalized spacial score (nSPS) is 13.2. The van der Waals surface area contributed by atoms with Crippen LogP contribution in [0.15, 0.2) is 27.4 Å². The monoisotopic (exact) mass is 392 g/mol. The molecule has 1 aliphatic rings. The lowest BCUT2D eigenvalue weighted by atomic mass is 9.91. The number of hydrogen-bond acceptors (Lipinski definition) is 9. The maximum atomic E-state index is 12.2. The van der Waals surface area contributed by atoms with Crippen LogP contribution in [0, 0.1) is 0 Å². The molecule has 0 saturated carbocycles. The Kier molecular flexibility index (Phi) is 5.74. The van der Waals surface area contributed by atoms with Crippen LogP contribution in [0.25, 0.3) is 0 Å². The molecule has 28 heavy (non-hydrogen) atoms. The molecule has 9 nitrogen and oxygen atoms in total. The highest BCUT2D eigenvalue weighted by molar-refractivity contribution is 5.72. The Balaban J connectivity index is 2.15. The van der Waals surface area contributed by atoms with Crippen LogP contribution in [0.3, 0.4) is 0 Å². The van der Waals surface area contributed by atoms with Gasteiger partial charge in [-0.05, 0) is 24.6 Å². The van der Waals surface area contributed by atoms with Crippen molar-refractivity contribution in [1.82, 2.24) is 0 Å². The van der Waals surface area contributed by atoms with Gasteiger partial charge >= 0.3 is 5.97 Å². The Hall–Kier alpha value is -3.20. The molecule has 9 heteroatoms. The predicted molar refractivity (Wildman–Crippen MR) is 94.8 cm³/mol. The first-order chi connectivity index (χ1) is 13.5. The van der Waals surface area contributed by atoms with Crippen molar-refractivity contribution < 1.29 is 38.4 Å². The summed E-state index contributed by atoms with van der Waals surface area (Å²) in [4.78, 5) is 24.2. The van der Waals surface area contributed by atoms with Crippen molar-refractivity contribution in [3.05, 3.63) is 45.5 Å². The summed E-state index contributed by atoms with van der Waals surface area (Å²) >= 11 is 0. The molecule has 0 amide bonds. The number of esters is 1. The summed E-state index contributed by atoms with van der Waals surface area (Å²) in [6, 6.07) is 4.20. The fraction of sp³-hybridized carbons (Fsp3) is 0.368. The van der Waals surface area contributed by atoms with E-state index in [4.69, 9.17) is 23.4 Å². The van der Waals surface area contributed by atoms with E-state index in [9.17, 15) is 19.8 Å². The third-order valence-corrected chi connectivity index (χ3v) is 4.23. The molecule has 0 aliphatic carbocycles. The van der Waals surface area contributed by atoms with Crippen LogP contribution in [0.4, 0.5) is 0 Å². The Morgan fingerprint density at radius 3 is 2.75 bits per heavy atom. The van der Waals surface area contributed by atoms with Crippen molar-refractivity contribution in [1.29, 1.82) is 0 Å². The molecular formula is C19H20O9. The number of carbonyl (C=O) groups is 1. The number of fused-ring (bicyclic) bond motifs is 1. The van der Waals surface area contributed by atoms with Crippen LogP contribution in [-0.4, -0.2) is 36.7 Å². The maximum Gasteiger partial charge on any atom is 0.306 e. The van der Waals surface area contributed by atoms with Gasteiger partial charge in [0.1, 0.15) is 12.4 Å². The van der Waals surface area contributed by atoms with Gasteiger partial charge in [-0.15, -0.1) is 0 Å². The molecule has 2 aromatic rings. The molecule has 1 atom stereocenters. The van der Waals surface area contributed by atoms with Gasteiger partial charge in [0.2, 0.25) is 23.7 Å².